The molecule has 0 saturated carbocycles. The zero-order chi connectivity index (χ0) is 30.3. The van der Waals surface area contributed by atoms with Gasteiger partial charge in [-0.3, -0.25) is 9.78 Å². The van der Waals surface area contributed by atoms with Crippen molar-refractivity contribution in [1.82, 2.24) is 9.97 Å². The minimum Gasteiger partial charge on any atom is -0.494 e. The van der Waals surface area contributed by atoms with E-state index in [1.165, 1.54) is 13.2 Å². The fraction of sp³-hybridized carbons (Fsp3) is 0.100. The van der Waals surface area contributed by atoms with Crippen molar-refractivity contribution in [2.45, 2.75) is 12.6 Å². The van der Waals surface area contributed by atoms with Crippen LogP contribution in [0, 0.1) is 5.82 Å². The summed E-state index contributed by atoms with van der Waals surface area (Å²) in [5.74, 6) is -3.20. The minimum absolute atomic E-state index is 0.144. The first-order valence-electron chi connectivity index (χ1n) is 12.3. The SMILES string of the molecule is COc1ccc(-c2cc(NC(=O)Cc3c[nH]c4ccccc34)ccc2Nc2cccnc2)cc1F.O=C(O)C(F)(F)F. The monoisotopic (exact) mass is 580 g/mol. The van der Waals surface area contributed by atoms with E-state index in [-0.39, 0.29) is 18.1 Å². The van der Waals surface area contributed by atoms with Crippen molar-refractivity contribution in [3.05, 3.63) is 103 Å². The Morgan fingerprint density at radius 1 is 1.00 bits per heavy atom. The molecule has 0 saturated heterocycles. The second kappa shape index (κ2) is 12.9. The maximum absolute atomic E-state index is 14.5. The number of amides is 1. The molecule has 0 aliphatic rings. The van der Waals surface area contributed by atoms with Crippen molar-refractivity contribution in [3.63, 3.8) is 0 Å². The summed E-state index contributed by atoms with van der Waals surface area (Å²) in [5, 5.41) is 14.4. The topological polar surface area (TPSA) is 116 Å². The van der Waals surface area contributed by atoms with Crippen LogP contribution in [0.5, 0.6) is 5.75 Å². The molecule has 0 bridgehead atoms. The Labute approximate surface area is 237 Å². The number of nitrogens with one attached hydrogen (secondary N) is 3. The Morgan fingerprint density at radius 3 is 2.43 bits per heavy atom. The number of carbonyl (C=O) groups is 2. The van der Waals surface area contributed by atoms with Gasteiger partial charge in [0, 0.05) is 40.2 Å². The number of aromatic nitrogens is 2. The number of carboxylic acid groups (broad SMARTS) is 1. The molecule has 0 unspecified atom stereocenters. The number of para-hydroxylation sites is 1. The number of fused-ring (bicyclic) bond motifs is 1. The number of ether oxygens (including phenoxy) is 1. The van der Waals surface area contributed by atoms with Crippen LogP contribution >= 0.6 is 0 Å². The summed E-state index contributed by atoms with van der Waals surface area (Å²) >= 11 is 0. The number of rotatable bonds is 7. The molecule has 216 valence electrons. The molecule has 0 aliphatic heterocycles. The lowest BCUT2D eigenvalue weighted by Gasteiger charge is -2.15. The number of pyridine rings is 1. The minimum atomic E-state index is -5.08. The van der Waals surface area contributed by atoms with E-state index in [2.05, 4.69) is 20.6 Å². The lowest BCUT2D eigenvalue weighted by Crippen LogP contribution is -2.21. The molecule has 4 N–H and O–H groups in total. The van der Waals surface area contributed by atoms with Crippen LogP contribution in [0.15, 0.2) is 91.4 Å². The van der Waals surface area contributed by atoms with Crippen molar-refractivity contribution < 1.29 is 37.0 Å². The van der Waals surface area contributed by atoms with Crippen LogP contribution in [-0.4, -0.2) is 40.2 Å². The fourth-order valence-corrected chi connectivity index (χ4v) is 4.05. The maximum Gasteiger partial charge on any atom is 0.490 e. The summed E-state index contributed by atoms with van der Waals surface area (Å²) in [5.41, 5.74) is 5.42. The van der Waals surface area contributed by atoms with Gasteiger partial charge in [0.1, 0.15) is 0 Å². The molecule has 0 fully saturated rings. The number of carbonyl (C=O) groups excluding carboxylic acids is 1. The van der Waals surface area contributed by atoms with Crippen molar-refractivity contribution in [3.8, 4) is 16.9 Å². The number of H-pyrrole nitrogens is 1. The number of aromatic amines is 1. The van der Waals surface area contributed by atoms with Gasteiger partial charge in [-0.15, -0.1) is 0 Å². The quantitative estimate of drug-likeness (QED) is 0.155. The van der Waals surface area contributed by atoms with Crippen LogP contribution in [0.3, 0.4) is 0 Å². The van der Waals surface area contributed by atoms with E-state index in [0.29, 0.717) is 11.3 Å². The predicted octanol–water partition coefficient (Wildman–Crippen LogP) is 6.94. The van der Waals surface area contributed by atoms with Crippen LogP contribution in [0.4, 0.5) is 34.6 Å². The molecule has 0 radical (unpaired) electrons. The van der Waals surface area contributed by atoms with Crippen LogP contribution in [-0.2, 0) is 16.0 Å². The maximum atomic E-state index is 14.5. The highest BCUT2D eigenvalue weighted by Crippen LogP contribution is 2.35. The van der Waals surface area contributed by atoms with Crippen LogP contribution in [0.1, 0.15) is 5.56 Å². The molecule has 3 aromatic carbocycles. The van der Waals surface area contributed by atoms with Gasteiger partial charge in [-0.2, -0.15) is 13.2 Å². The molecule has 2 aromatic heterocycles. The van der Waals surface area contributed by atoms with Gasteiger partial charge in [-0.25, -0.2) is 9.18 Å². The van der Waals surface area contributed by atoms with Crippen LogP contribution in [0.25, 0.3) is 22.0 Å². The average Bonchev–Trinajstić information content (AvgIpc) is 3.36. The fourth-order valence-electron chi connectivity index (χ4n) is 4.05. The molecule has 8 nitrogen and oxygen atoms in total. The summed E-state index contributed by atoms with van der Waals surface area (Å²) in [6.07, 6.45) is 0.398. The third-order valence-electron chi connectivity index (χ3n) is 5.98. The smallest absolute Gasteiger partial charge is 0.490 e. The normalized spacial score (nSPS) is 10.9. The van der Waals surface area contributed by atoms with E-state index in [4.69, 9.17) is 14.6 Å². The Balaban J connectivity index is 0.000000517. The average molecular weight is 581 g/mol. The van der Waals surface area contributed by atoms with Gasteiger partial charge in [0.05, 0.1) is 25.4 Å². The zero-order valence-corrected chi connectivity index (χ0v) is 22.0. The van der Waals surface area contributed by atoms with Crippen LogP contribution in [0.2, 0.25) is 0 Å². The summed E-state index contributed by atoms with van der Waals surface area (Å²) in [6, 6.07) is 21.9. The van der Waals surface area contributed by atoms with Gasteiger partial charge < -0.3 is 25.5 Å². The molecule has 5 aromatic rings. The molecular formula is C30H24F4N4O4. The first kappa shape index (κ1) is 29.6. The third-order valence-corrected chi connectivity index (χ3v) is 5.98. The van der Waals surface area contributed by atoms with Crippen molar-refractivity contribution in [2.75, 3.05) is 17.7 Å². The number of benzene rings is 3. The zero-order valence-electron chi connectivity index (χ0n) is 22.0. The number of anilines is 3. The Morgan fingerprint density at radius 2 is 1.76 bits per heavy atom. The number of halogens is 4. The number of carboxylic acids is 1. The summed E-state index contributed by atoms with van der Waals surface area (Å²) in [6.45, 7) is 0. The number of nitrogens with zero attached hydrogens (tertiary/aromatic N) is 1. The summed E-state index contributed by atoms with van der Waals surface area (Å²) < 4.78 is 51.3. The highest BCUT2D eigenvalue weighted by molar-refractivity contribution is 5.97. The molecule has 2 heterocycles. The van der Waals surface area contributed by atoms with E-state index in [9.17, 15) is 22.4 Å². The highest BCUT2D eigenvalue weighted by Gasteiger charge is 2.38. The Kier molecular flexibility index (Phi) is 9.05. The van der Waals surface area contributed by atoms with Gasteiger partial charge in [0.25, 0.3) is 0 Å². The van der Waals surface area contributed by atoms with Gasteiger partial charge in [-0.05, 0) is 59.7 Å². The lowest BCUT2D eigenvalue weighted by molar-refractivity contribution is -0.192. The number of hydrogen-bond donors (Lipinski definition) is 4. The largest absolute Gasteiger partial charge is 0.494 e. The second-order valence-corrected chi connectivity index (χ2v) is 8.86. The highest BCUT2D eigenvalue weighted by atomic mass is 19.4. The molecule has 0 aliphatic carbocycles. The summed E-state index contributed by atoms with van der Waals surface area (Å²) in [4.78, 5) is 29.1. The molecule has 42 heavy (non-hydrogen) atoms. The number of alkyl halides is 3. The van der Waals surface area contributed by atoms with Crippen LogP contribution < -0.4 is 15.4 Å². The third kappa shape index (κ3) is 7.42. The first-order chi connectivity index (χ1) is 20.0. The molecule has 5 rings (SSSR count). The van der Waals surface area contributed by atoms with Gasteiger partial charge in [0.2, 0.25) is 5.91 Å². The van der Waals surface area contributed by atoms with E-state index < -0.39 is 18.0 Å². The molecule has 0 spiro atoms. The number of aliphatic carboxylic acids is 1. The van der Waals surface area contributed by atoms with E-state index in [1.54, 1.807) is 24.5 Å². The van der Waals surface area contributed by atoms with Gasteiger partial charge >= 0.3 is 12.1 Å². The number of methoxy groups -OCH3 is 1. The van der Waals surface area contributed by atoms with E-state index in [0.717, 1.165) is 33.4 Å². The van der Waals surface area contributed by atoms with Gasteiger partial charge in [0.15, 0.2) is 11.6 Å². The molecule has 1 amide bonds. The van der Waals surface area contributed by atoms with E-state index >= 15 is 0 Å². The lowest BCUT2D eigenvalue weighted by atomic mass is 10.0. The van der Waals surface area contributed by atoms with Crippen molar-refractivity contribution in [1.29, 1.82) is 0 Å². The summed E-state index contributed by atoms with van der Waals surface area (Å²) in [7, 11) is 1.43. The second-order valence-electron chi connectivity index (χ2n) is 8.86. The molecule has 12 heteroatoms. The first-order valence-corrected chi connectivity index (χ1v) is 12.3. The molecule has 0 atom stereocenters. The Hall–Kier alpha value is -5.39. The van der Waals surface area contributed by atoms with Crippen molar-refractivity contribution >= 4 is 39.8 Å². The number of hydrogen-bond acceptors (Lipinski definition) is 5. The van der Waals surface area contributed by atoms with Gasteiger partial charge in [-0.1, -0.05) is 24.3 Å². The standard InChI is InChI=1S/C28H23FN4O2.C2HF3O2/c1-35-27-11-8-18(13-24(27)29)23-15-20(9-10-26(23)32-21-5-4-12-30-17-21)33-28(34)14-19-16-31-25-7-3-2-6-22(19)25;3-2(4,5)1(6)7/h2-13,15-17,31-32H,14H2,1H3,(H,33,34);(H,6,7). The Bertz CT molecular complexity index is 1710. The van der Waals surface area contributed by atoms with Crippen molar-refractivity contribution in [2.24, 2.45) is 0 Å². The molecular weight excluding hydrogens is 556 g/mol. The predicted molar refractivity (Wildman–Crippen MR) is 150 cm³/mol. The van der Waals surface area contributed by atoms with E-state index in [1.807, 2.05) is 60.8 Å².